The molecule has 0 aromatic heterocycles. The molecule has 0 radical (unpaired) electrons. The van der Waals surface area contributed by atoms with Gasteiger partial charge in [0.05, 0.1) is 23.0 Å². The lowest BCUT2D eigenvalue weighted by Crippen LogP contribution is -2.18. The minimum Gasteiger partial charge on any atom is -0.505 e. The first-order chi connectivity index (χ1) is 7.59. The van der Waals surface area contributed by atoms with E-state index in [9.17, 15) is 5.11 Å². The zero-order valence-corrected chi connectivity index (χ0v) is 11.0. The van der Waals surface area contributed by atoms with Crippen LogP contribution in [0.1, 0.15) is 25.3 Å². The number of aliphatic imine (C=N–C) groups is 1. The number of nitrogens with zero attached hydrogens (tertiary/aromatic N) is 2. The summed E-state index contributed by atoms with van der Waals surface area (Å²) < 4.78 is 0.744. The molecule has 0 saturated heterocycles. The van der Waals surface area contributed by atoms with E-state index in [0.717, 1.165) is 23.2 Å². The van der Waals surface area contributed by atoms with Crippen molar-refractivity contribution in [1.82, 2.24) is 0 Å². The predicted molar refractivity (Wildman–Crippen MR) is 70.6 cm³/mol. The third kappa shape index (κ3) is 2.07. The van der Waals surface area contributed by atoms with Gasteiger partial charge in [-0.15, -0.1) is 0 Å². The molecule has 1 heterocycles. The third-order valence-corrected chi connectivity index (χ3v) is 3.34. The molecule has 0 fully saturated rings. The Morgan fingerprint density at radius 1 is 1.44 bits per heavy atom. The van der Waals surface area contributed by atoms with Crippen molar-refractivity contribution < 1.29 is 5.11 Å². The number of hydrogen-bond acceptors (Lipinski definition) is 3. The Balaban J connectivity index is 2.46. The summed E-state index contributed by atoms with van der Waals surface area (Å²) in [6.45, 7) is 5.91. The van der Waals surface area contributed by atoms with Crippen molar-refractivity contribution in [3.63, 3.8) is 0 Å². The van der Waals surface area contributed by atoms with Gasteiger partial charge in [-0.3, -0.25) is 4.99 Å². The van der Waals surface area contributed by atoms with Crippen LogP contribution in [0.3, 0.4) is 0 Å². The number of phenols is 1. The second-order valence-electron chi connectivity index (χ2n) is 4.24. The van der Waals surface area contributed by atoms with Crippen molar-refractivity contribution in [2.24, 2.45) is 4.99 Å². The Bertz CT molecular complexity index is 429. The fourth-order valence-corrected chi connectivity index (χ4v) is 2.19. The first-order valence-electron chi connectivity index (χ1n) is 5.38. The zero-order chi connectivity index (χ0) is 11.7. The lowest BCUT2D eigenvalue weighted by Gasteiger charge is -2.19. The molecule has 86 valence electrons. The Labute approximate surface area is 104 Å². The summed E-state index contributed by atoms with van der Waals surface area (Å²) in [7, 11) is 0. The van der Waals surface area contributed by atoms with E-state index in [1.54, 1.807) is 6.34 Å². The number of benzene rings is 1. The van der Waals surface area contributed by atoms with E-state index in [1.165, 1.54) is 5.56 Å². The highest BCUT2D eigenvalue weighted by molar-refractivity contribution is 9.10. The van der Waals surface area contributed by atoms with E-state index >= 15 is 0 Å². The molecule has 1 aromatic rings. The van der Waals surface area contributed by atoms with Gasteiger partial charge in [0.1, 0.15) is 0 Å². The summed E-state index contributed by atoms with van der Waals surface area (Å²) in [6.07, 6.45) is 1.78. The molecule has 0 saturated carbocycles. The van der Waals surface area contributed by atoms with Crippen molar-refractivity contribution in [2.75, 3.05) is 18.0 Å². The van der Waals surface area contributed by atoms with E-state index in [4.69, 9.17) is 0 Å². The largest absolute Gasteiger partial charge is 0.505 e. The molecule has 0 atom stereocenters. The zero-order valence-electron chi connectivity index (χ0n) is 9.44. The number of hydrogen-bond donors (Lipinski definition) is 1. The van der Waals surface area contributed by atoms with E-state index in [2.05, 4.69) is 34.8 Å². The third-order valence-electron chi connectivity index (χ3n) is 2.73. The van der Waals surface area contributed by atoms with Gasteiger partial charge >= 0.3 is 0 Å². The van der Waals surface area contributed by atoms with E-state index in [1.807, 2.05) is 17.0 Å². The quantitative estimate of drug-likeness (QED) is 0.905. The van der Waals surface area contributed by atoms with Gasteiger partial charge in [-0.25, -0.2) is 0 Å². The molecule has 0 spiro atoms. The Morgan fingerprint density at radius 3 is 2.75 bits per heavy atom. The molecule has 16 heavy (non-hydrogen) atoms. The van der Waals surface area contributed by atoms with Crippen LogP contribution in [0, 0.1) is 0 Å². The lowest BCUT2D eigenvalue weighted by molar-refractivity contribution is 0.472. The van der Waals surface area contributed by atoms with Crippen LogP contribution in [-0.2, 0) is 0 Å². The molecular weight excluding hydrogens is 268 g/mol. The Kier molecular flexibility index (Phi) is 3.19. The molecule has 2 rings (SSSR count). The van der Waals surface area contributed by atoms with Gasteiger partial charge in [0.25, 0.3) is 0 Å². The molecular formula is C12H15BrN2O. The molecule has 0 unspecified atom stereocenters. The minimum absolute atomic E-state index is 0.290. The average molecular weight is 283 g/mol. The molecule has 4 heteroatoms. The van der Waals surface area contributed by atoms with Gasteiger partial charge in [-0.1, -0.05) is 13.8 Å². The van der Waals surface area contributed by atoms with Crippen LogP contribution >= 0.6 is 15.9 Å². The van der Waals surface area contributed by atoms with Gasteiger partial charge in [-0.05, 0) is 39.5 Å². The maximum absolute atomic E-state index is 10.0. The van der Waals surface area contributed by atoms with Crippen LogP contribution < -0.4 is 4.90 Å². The number of aromatic hydroxyl groups is 1. The summed E-state index contributed by atoms with van der Waals surface area (Å²) >= 11 is 3.39. The molecule has 3 nitrogen and oxygen atoms in total. The molecule has 0 aliphatic carbocycles. The molecule has 0 bridgehead atoms. The maximum Gasteiger partial charge on any atom is 0.153 e. The van der Waals surface area contributed by atoms with Crippen LogP contribution in [-0.4, -0.2) is 24.5 Å². The molecule has 1 aliphatic heterocycles. The number of halogens is 1. The fraction of sp³-hybridized carbons (Fsp3) is 0.417. The number of rotatable bonds is 2. The van der Waals surface area contributed by atoms with Gasteiger partial charge in [-0.2, -0.15) is 0 Å². The van der Waals surface area contributed by atoms with Gasteiger partial charge in [0.2, 0.25) is 0 Å². The van der Waals surface area contributed by atoms with Gasteiger partial charge < -0.3 is 10.0 Å². The van der Waals surface area contributed by atoms with Crippen LogP contribution in [0.25, 0.3) is 0 Å². The summed E-state index contributed by atoms with van der Waals surface area (Å²) in [5.41, 5.74) is 2.04. The standard InChI is InChI=1S/C12H15BrN2O/c1-8(2)9-5-10(13)12(16)11(6-9)15-4-3-14-7-15/h5-8,16H,3-4H2,1-2H3. The first-order valence-corrected chi connectivity index (χ1v) is 6.18. The summed E-state index contributed by atoms with van der Waals surface area (Å²) in [4.78, 5) is 6.14. The van der Waals surface area contributed by atoms with Crippen molar-refractivity contribution >= 4 is 28.0 Å². The second-order valence-corrected chi connectivity index (χ2v) is 5.09. The van der Waals surface area contributed by atoms with Crippen molar-refractivity contribution in [3.8, 4) is 5.75 Å². The maximum atomic E-state index is 10.0. The highest BCUT2D eigenvalue weighted by atomic mass is 79.9. The Hall–Kier alpha value is -1.03. The number of phenolic OH excluding ortho intramolecular Hbond substituents is 1. The number of anilines is 1. The molecule has 0 amide bonds. The highest BCUT2D eigenvalue weighted by Gasteiger charge is 2.16. The molecule has 1 aromatic carbocycles. The fourth-order valence-electron chi connectivity index (χ4n) is 1.72. The minimum atomic E-state index is 0.290. The predicted octanol–water partition coefficient (Wildman–Crippen LogP) is 3.13. The van der Waals surface area contributed by atoms with E-state index < -0.39 is 0 Å². The smallest absolute Gasteiger partial charge is 0.153 e. The van der Waals surface area contributed by atoms with E-state index in [0.29, 0.717) is 5.92 Å². The molecule has 1 aliphatic rings. The molecule has 1 N–H and O–H groups in total. The Morgan fingerprint density at radius 2 is 2.19 bits per heavy atom. The normalized spacial score (nSPS) is 15.1. The first kappa shape index (κ1) is 11.5. The van der Waals surface area contributed by atoms with Crippen molar-refractivity contribution in [1.29, 1.82) is 0 Å². The average Bonchev–Trinajstić information content (AvgIpc) is 2.74. The summed E-state index contributed by atoms with van der Waals surface area (Å²) in [5.74, 6) is 0.730. The summed E-state index contributed by atoms with van der Waals surface area (Å²) in [5, 5.41) is 10.0. The van der Waals surface area contributed by atoms with Crippen LogP contribution in [0.4, 0.5) is 5.69 Å². The lowest BCUT2D eigenvalue weighted by atomic mass is 10.0. The van der Waals surface area contributed by atoms with E-state index in [-0.39, 0.29) is 5.75 Å². The van der Waals surface area contributed by atoms with Crippen LogP contribution in [0.2, 0.25) is 0 Å². The topological polar surface area (TPSA) is 35.8 Å². The monoisotopic (exact) mass is 282 g/mol. The van der Waals surface area contributed by atoms with Gasteiger partial charge in [0.15, 0.2) is 5.75 Å². The SMILES string of the molecule is CC(C)c1cc(Br)c(O)c(N2C=NCC2)c1. The second kappa shape index (κ2) is 4.45. The highest BCUT2D eigenvalue weighted by Crippen LogP contribution is 2.37. The van der Waals surface area contributed by atoms with Crippen LogP contribution in [0.5, 0.6) is 5.75 Å². The van der Waals surface area contributed by atoms with Gasteiger partial charge in [0, 0.05) is 6.54 Å². The van der Waals surface area contributed by atoms with Crippen molar-refractivity contribution in [2.45, 2.75) is 19.8 Å². The van der Waals surface area contributed by atoms with Crippen LogP contribution in [0.15, 0.2) is 21.6 Å². The summed E-state index contributed by atoms with van der Waals surface area (Å²) in [6, 6.07) is 4.00. The van der Waals surface area contributed by atoms with Crippen molar-refractivity contribution in [3.05, 3.63) is 22.2 Å².